The van der Waals surface area contributed by atoms with Crippen LogP contribution in [0, 0.1) is 5.92 Å². The van der Waals surface area contributed by atoms with Gasteiger partial charge < -0.3 is 4.74 Å². The van der Waals surface area contributed by atoms with Crippen LogP contribution in [-0.2, 0) is 14.3 Å². The van der Waals surface area contributed by atoms with E-state index in [4.69, 9.17) is 4.74 Å². The summed E-state index contributed by atoms with van der Waals surface area (Å²) in [6, 6.07) is 0. The predicted octanol–water partition coefficient (Wildman–Crippen LogP) is 2.73. The van der Waals surface area contributed by atoms with Gasteiger partial charge in [0.25, 0.3) is 0 Å². The molecule has 0 aromatic rings. The van der Waals surface area contributed by atoms with Gasteiger partial charge in [-0.2, -0.15) is 0 Å². The zero-order valence-corrected chi connectivity index (χ0v) is 10.0. The van der Waals surface area contributed by atoms with E-state index in [1.165, 1.54) is 0 Å². The van der Waals surface area contributed by atoms with E-state index in [2.05, 4.69) is 6.92 Å². The van der Waals surface area contributed by atoms with Gasteiger partial charge in [-0.1, -0.05) is 13.3 Å². The van der Waals surface area contributed by atoms with E-state index in [0.717, 1.165) is 25.7 Å². The predicted molar refractivity (Wildman–Crippen MR) is 59.6 cm³/mol. The molecule has 0 bridgehead atoms. The minimum Gasteiger partial charge on any atom is -0.466 e. The van der Waals surface area contributed by atoms with Crippen LogP contribution in [0.1, 0.15) is 52.9 Å². The van der Waals surface area contributed by atoms with Crippen molar-refractivity contribution in [1.29, 1.82) is 0 Å². The Kier molecular flexibility index (Phi) is 7.96. The Morgan fingerprint density at radius 2 is 1.87 bits per heavy atom. The molecule has 15 heavy (non-hydrogen) atoms. The molecular formula is C12H22O3. The first-order chi connectivity index (χ1) is 7.11. The number of carbonyl (C=O) groups excluding carboxylic acids is 2. The highest BCUT2D eigenvalue weighted by molar-refractivity contribution is 5.78. The van der Waals surface area contributed by atoms with Gasteiger partial charge in [-0.15, -0.1) is 0 Å². The molecule has 0 aliphatic rings. The molecule has 0 aliphatic carbocycles. The Balaban J connectivity index is 3.70. The summed E-state index contributed by atoms with van der Waals surface area (Å²) in [5.41, 5.74) is 0. The van der Waals surface area contributed by atoms with Crippen LogP contribution >= 0.6 is 0 Å². The topological polar surface area (TPSA) is 43.4 Å². The van der Waals surface area contributed by atoms with Crippen molar-refractivity contribution in [2.75, 3.05) is 6.61 Å². The monoisotopic (exact) mass is 214 g/mol. The van der Waals surface area contributed by atoms with Crippen molar-refractivity contribution in [3.05, 3.63) is 0 Å². The van der Waals surface area contributed by atoms with Crippen molar-refractivity contribution in [2.24, 2.45) is 5.92 Å². The van der Waals surface area contributed by atoms with Crippen LogP contribution in [0.15, 0.2) is 0 Å². The lowest BCUT2D eigenvalue weighted by Crippen LogP contribution is -2.12. The van der Waals surface area contributed by atoms with Crippen LogP contribution in [0.5, 0.6) is 0 Å². The molecule has 0 fully saturated rings. The fourth-order valence-corrected chi connectivity index (χ4v) is 1.63. The molecule has 0 saturated carbocycles. The largest absolute Gasteiger partial charge is 0.466 e. The van der Waals surface area contributed by atoms with E-state index in [9.17, 15) is 9.59 Å². The zero-order valence-electron chi connectivity index (χ0n) is 10.0. The van der Waals surface area contributed by atoms with E-state index < -0.39 is 0 Å². The molecule has 88 valence electrons. The second kappa shape index (κ2) is 8.45. The van der Waals surface area contributed by atoms with Gasteiger partial charge in [0.1, 0.15) is 5.78 Å². The number of ketones is 1. The minimum absolute atomic E-state index is 0.129. The quantitative estimate of drug-likeness (QED) is 0.583. The summed E-state index contributed by atoms with van der Waals surface area (Å²) < 4.78 is 4.82. The smallest absolute Gasteiger partial charge is 0.305 e. The van der Waals surface area contributed by atoms with Crippen LogP contribution in [0.25, 0.3) is 0 Å². The van der Waals surface area contributed by atoms with Crippen molar-refractivity contribution in [2.45, 2.75) is 52.9 Å². The third-order valence-electron chi connectivity index (χ3n) is 2.45. The van der Waals surface area contributed by atoms with Crippen molar-refractivity contribution < 1.29 is 14.3 Å². The maximum atomic E-state index is 11.2. The molecule has 0 rings (SSSR count). The SMILES string of the molecule is CCCC(CCCC(=O)OCC)C(C)=O. The van der Waals surface area contributed by atoms with E-state index in [-0.39, 0.29) is 17.7 Å². The molecule has 0 aromatic heterocycles. The summed E-state index contributed by atoms with van der Waals surface area (Å²) >= 11 is 0. The van der Waals surface area contributed by atoms with Gasteiger partial charge in [-0.3, -0.25) is 9.59 Å². The van der Waals surface area contributed by atoms with Crippen molar-refractivity contribution in [3.8, 4) is 0 Å². The maximum Gasteiger partial charge on any atom is 0.305 e. The molecule has 0 aliphatic heterocycles. The van der Waals surface area contributed by atoms with Gasteiger partial charge in [0.05, 0.1) is 6.61 Å². The van der Waals surface area contributed by atoms with Crippen molar-refractivity contribution in [3.63, 3.8) is 0 Å². The lowest BCUT2D eigenvalue weighted by molar-refractivity contribution is -0.143. The zero-order chi connectivity index (χ0) is 11.7. The number of ether oxygens (including phenoxy) is 1. The highest BCUT2D eigenvalue weighted by Gasteiger charge is 2.13. The number of hydrogen-bond acceptors (Lipinski definition) is 3. The van der Waals surface area contributed by atoms with Crippen LogP contribution in [-0.4, -0.2) is 18.4 Å². The first kappa shape index (κ1) is 14.1. The summed E-state index contributed by atoms with van der Waals surface area (Å²) in [6.45, 7) is 5.93. The molecule has 3 nitrogen and oxygen atoms in total. The molecular weight excluding hydrogens is 192 g/mol. The molecule has 1 unspecified atom stereocenters. The van der Waals surface area contributed by atoms with Gasteiger partial charge in [0.2, 0.25) is 0 Å². The van der Waals surface area contributed by atoms with Crippen LogP contribution in [0.4, 0.5) is 0 Å². The fraction of sp³-hybridized carbons (Fsp3) is 0.833. The van der Waals surface area contributed by atoms with E-state index in [1.807, 2.05) is 0 Å². The van der Waals surface area contributed by atoms with E-state index in [0.29, 0.717) is 13.0 Å². The van der Waals surface area contributed by atoms with E-state index >= 15 is 0 Å². The number of carbonyl (C=O) groups is 2. The van der Waals surface area contributed by atoms with Crippen molar-refractivity contribution in [1.82, 2.24) is 0 Å². The summed E-state index contributed by atoms with van der Waals surface area (Å²) in [4.78, 5) is 22.3. The van der Waals surface area contributed by atoms with Gasteiger partial charge in [-0.05, 0) is 33.1 Å². The lowest BCUT2D eigenvalue weighted by Gasteiger charge is -2.11. The normalized spacial score (nSPS) is 12.2. The Hall–Kier alpha value is -0.860. The molecule has 0 spiro atoms. The fourth-order valence-electron chi connectivity index (χ4n) is 1.63. The Labute approximate surface area is 92.2 Å². The third-order valence-corrected chi connectivity index (χ3v) is 2.45. The summed E-state index contributed by atoms with van der Waals surface area (Å²) in [6.07, 6.45) is 3.94. The second-order valence-electron chi connectivity index (χ2n) is 3.79. The van der Waals surface area contributed by atoms with Gasteiger partial charge in [-0.25, -0.2) is 0 Å². The van der Waals surface area contributed by atoms with E-state index in [1.54, 1.807) is 13.8 Å². The summed E-state index contributed by atoms with van der Waals surface area (Å²) in [7, 11) is 0. The Morgan fingerprint density at radius 1 is 1.20 bits per heavy atom. The molecule has 1 atom stereocenters. The maximum absolute atomic E-state index is 11.2. The summed E-state index contributed by atoms with van der Waals surface area (Å²) in [5.74, 6) is 0.210. The Bertz CT molecular complexity index is 199. The molecule has 0 amide bonds. The second-order valence-corrected chi connectivity index (χ2v) is 3.79. The highest BCUT2D eigenvalue weighted by Crippen LogP contribution is 2.16. The molecule has 0 N–H and O–H groups in total. The number of esters is 1. The average molecular weight is 214 g/mol. The summed E-state index contributed by atoms with van der Waals surface area (Å²) in [5, 5.41) is 0. The van der Waals surface area contributed by atoms with Crippen LogP contribution < -0.4 is 0 Å². The molecule has 0 radical (unpaired) electrons. The van der Waals surface area contributed by atoms with Crippen LogP contribution in [0.3, 0.4) is 0 Å². The van der Waals surface area contributed by atoms with Crippen LogP contribution in [0.2, 0.25) is 0 Å². The van der Waals surface area contributed by atoms with Crippen molar-refractivity contribution >= 4 is 11.8 Å². The van der Waals surface area contributed by atoms with Gasteiger partial charge in [0.15, 0.2) is 0 Å². The standard InChI is InChI=1S/C12H22O3/c1-4-7-11(10(3)13)8-6-9-12(14)15-5-2/h11H,4-9H2,1-3H3. The minimum atomic E-state index is -0.156. The number of rotatable bonds is 8. The van der Waals surface area contributed by atoms with Gasteiger partial charge >= 0.3 is 5.97 Å². The molecule has 0 saturated heterocycles. The number of Topliss-reactive ketones (excluding diaryl/α,β-unsaturated/α-hetero) is 1. The molecule has 0 heterocycles. The third kappa shape index (κ3) is 7.11. The molecule has 3 heteroatoms. The van der Waals surface area contributed by atoms with Gasteiger partial charge in [0, 0.05) is 12.3 Å². The number of hydrogen-bond donors (Lipinski definition) is 0. The average Bonchev–Trinajstić information content (AvgIpc) is 2.16. The Morgan fingerprint density at radius 3 is 2.33 bits per heavy atom. The highest BCUT2D eigenvalue weighted by atomic mass is 16.5. The lowest BCUT2D eigenvalue weighted by atomic mass is 9.93. The molecule has 0 aromatic carbocycles. The first-order valence-electron chi connectivity index (χ1n) is 5.77. The first-order valence-corrected chi connectivity index (χ1v) is 5.77.